The average molecular weight is 439 g/mol. The molecule has 1 aliphatic rings. The maximum atomic E-state index is 13.3. The van der Waals surface area contributed by atoms with E-state index >= 15 is 0 Å². The molecule has 0 aliphatic carbocycles. The Morgan fingerprint density at radius 2 is 1.82 bits per heavy atom. The van der Waals surface area contributed by atoms with E-state index in [0.717, 1.165) is 4.88 Å². The van der Waals surface area contributed by atoms with Crippen LogP contribution >= 0.6 is 22.9 Å². The third-order valence-corrected chi connectivity index (χ3v) is 7.17. The van der Waals surface area contributed by atoms with Crippen molar-refractivity contribution >= 4 is 38.7 Å². The summed E-state index contributed by atoms with van der Waals surface area (Å²) in [6, 6.07) is 9.77. The Morgan fingerprint density at radius 1 is 1.14 bits per heavy atom. The lowest BCUT2D eigenvalue weighted by atomic mass is 10.2. The van der Waals surface area contributed by atoms with Crippen LogP contribution < -0.4 is 4.90 Å². The van der Waals surface area contributed by atoms with Gasteiger partial charge in [-0.2, -0.15) is 4.98 Å². The summed E-state index contributed by atoms with van der Waals surface area (Å²) < 4.78 is 38.4. The molecule has 0 radical (unpaired) electrons. The molecule has 3 heterocycles. The summed E-state index contributed by atoms with van der Waals surface area (Å²) in [6.45, 7) is 4.94. The van der Waals surface area contributed by atoms with Crippen molar-refractivity contribution in [2.75, 3.05) is 18.0 Å². The second-order valence-corrected chi connectivity index (χ2v) is 9.98. The Hall–Kier alpha value is -1.87. The third kappa shape index (κ3) is 3.69. The smallest absolute Gasteiger partial charge is 0.240 e. The Labute approximate surface area is 172 Å². The van der Waals surface area contributed by atoms with Crippen LogP contribution in [0.5, 0.6) is 0 Å². The van der Waals surface area contributed by atoms with Crippen LogP contribution in [0.2, 0.25) is 5.02 Å². The van der Waals surface area contributed by atoms with Crippen LogP contribution in [0.15, 0.2) is 56.1 Å². The molecule has 2 aromatic heterocycles. The first-order valence-electron chi connectivity index (χ1n) is 8.80. The van der Waals surface area contributed by atoms with E-state index in [2.05, 4.69) is 4.98 Å². The number of morpholine rings is 1. The minimum Gasteiger partial charge on any atom is -0.418 e. The van der Waals surface area contributed by atoms with E-state index in [-0.39, 0.29) is 28.0 Å². The standard InChI is InChI=1S/C19H19ClN2O4S2/c1-12-10-22(11-13(2)25-12)19-18(21-17(26-19)16-4-3-9-27-16)28(23,24)15-7-5-14(20)6-8-15/h3-9,12-13H,10-11H2,1-2H3/t12-,13+. The molecule has 1 fully saturated rings. The fourth-order valence-corrected chi connectivity index (χ4v) is 5.34. The summed E-state index contributed by atoms with van der Waals surface area (Å²) in [5.74, 6) is 0.546. The number of nitrogens with zero attached hydrogens (tertiary/aromatic N) is 2. The van der Waals surface area contributed by atoms with Gasteiger partial charge in [-0.25, -0.2) is 8.42 Å². The summed E-state index contributed by atoms with van der Waals surface area (Å²) in [7, 11) is -3.88. The van der Waals surface area contributed by atoms with Crippen molar-refractivity contribution in [2.24, 2.45) is 0 Å². The number of oxazole rings is 1. The van der Waals surface area contributed by atoms with E-state index in [1.165, 1.54) is 23.5 Å². The molecule has 0 unspecified atom stereocenters. The van der Waals surface area contributed by atoms with Crippen LogP contribution in [-0.4, -0.2) is 38.7 Å². The van der Waals surface area contributed by atoms with E-state index in [1.54, 1.807) is 12.1 Å². The highest BCUT2D eigenvalue weighted by Gasteiger charge is 2.34. The van der Waals surface area contributed by atoms with Crippen molar-refractivity contribution in [3.8, 4) is 10.8 Å². The number of anilines is 1. The van der Waals surface area contributed by atoms with Crippen molar-refractivity contribution in [1.29, 1.82) is 0 Å². The predicted molar refractivity (Wildman–Crippen MR) is 109 cm³/mol. The molecule has 0 bridgehead atoms. The van der Waals surface area contributed by atoms with E-state index in [9.17, 15) is 8.42 Å². The molecule has 6 nitrogen and oxygen atoms in total. The molecule has 0 spiro atoms. The molecule has 1 aromatic carbocycles. The molecular formula is C19H19ClN2O4S2. The van der Waals surface area contributed by atoms with Gasteiger partial charge in [-0.05, 0) is 49.6 Å². The van der Waals surface area contributed by atoms with Crippen LogP contribution in [0.4, 0.5) is 5.88 Å². The molecule has 9 heteroatoms. The molecule has 0 N–H and O–H groups in total. The maximum absolute atomic E-state index is 13.3. The lowest BCUT2D eigenvalue weighted by Crippen LogP contribution is -2.45. The highest BCUT2D eigenvalue weighted by Crippen LogP contribution is 2.37. The van der Waals surface area contributed by atoms with E-state index in [0.29, 0.717) is 24.0 Å². The molecular weight excluding hydrogens is 420 g/mol. The Kier molecular flexibility index (Phi) is 5.22. The number of halogens is 1. The first-order valence-corrected chi connectivity index (χ1v) is 11.5. The average Bonchev–Trinajstić information content (AvgIpc) is 3.31. The van der Waals surface area contributed by atoms with Crippen LogP contribution in [0, 0.1) is 0 Å². The highest BCUT2D eigenvalue weighted by atomic mass is 35.5. The monoisotopic (exact) mass is 438 g/mol. The van der Waals surface area contributed by atoms with Gasteiger partial charge in [-0.15, -0.1) is 11.3 Å². The normalized spacial score (nSPS) is 20.5. The fraction of sp³-hybridized carbons (Fsp3) is 0.316. The summed E-state index contributed by atoms with van der Waals surface area (Å²) in [5, 5.41) is 2.28. The van der Waals surface area contributed by atoms with Crippen molar-refractivity contribution in [1.82, 2.24) is 4.98 Å². The van der Waals surface area contributed by atoms with Gasteiger partial charge in [0, 0.05) is 18.1 Å². The zero-order chi connectivity index (χ0) is 19.9. The number of ether oxygens (including phenoxy) is 1. The number of hydrogen-bond donors (Lipinski definition) is 0. The van der Waals surface area contributed by atoms with E-state index in [4.69, 9.17) is 20.8 Å². The molecule has 1 saturated heterocycles. The summed E-state index contributed by atoms with van der Waals surface area (Å²) in [4.78, 5) is 7.18. The summed E-state index contributed by atoms with van der Waals surface area (Å²) in [5.41, 5.74) is 0. The Bertz CT molecular complexity index is 1050. The van der Waals surface area contributed by atoms with E-state index < -0.39 is 9.84 Å². The highest BCUT2D eigenvalue weighted by molar-refractivity contribution is 7.91. The zero-order valence-electron chi connectivity index (χ0n) is 15.3. The Morgan fingerprint density at radius 3 is 2.43 bits per heavy atom. The van der Waals surface area contributed by atoms with Crippen molar-refractivity contribution < 1.29 is 17.6 Å². The number of sulfone groups is 1. The van der Waals surface area contributed by atoms with Gasteiger partial charge < -0.3 is 14.1 Å². The quantitative estimate of drug-likeness (QED) is 0.597. The topological polar surface area (TPSA) is 72.6 Å². The SMILES string of the molecule is C[C@@H]1CN(c2oc(-c3cccs3)nc2S(=O)(=O)c2ccc(Cl)cc2)C[C@H](C)O1. The van der Waals surface area contributed by atoms with Gasteiger partial charge in [0.15, 0.2) is 0 Å². The molecule has 0 amide bonds. The predicted octanol–water partition coefficient (Wildman–Crippen LogP) is 4.50. The molecule has 1 aliphatic heterocycles. The molecule has 28 heavy (non-hydrogen) atoms. The molecule has 3 aromatic rings. The second kappa shape index (κ2) is 7.51. The molecule has 4 rings (SSSR count). The third-order valence-electron chi connectivity index (χ3n) is 4.40. The van der Waals surface area contributed by atoms with Gasteiger partial charge in [-0.1, -0.05) is 17.7 Å². The van der Waals surface area contributed by atoms with Crippen molar-refractivity contribution in [3.63, 3.8) is 0 Å². The largest absolute Gasteiger partial charge is 0.418 e. The number of rotatable bonds is 4. The van der Waals surface area contributed by atoms with Gasteiger partial charge in [0.05, 0.1) is 22.0 Å². The fourth-order valence-electron chi connectivity index (χ4n) is 3.25. The van der Waals surface area contributed by atoms with Crippen molar-refractivity contribution in [2.45, 2.75) is 36.0 Å². The zero-order valence-corrected chi connectivity index (χ0v) is 17.7. The van der Waals surface area contributed by atoms with Gasteiger partial charge >= 0.3 is 0 Å². The number of benzene rings is 1. The number of hydrogen-bond acceptors (Lipinski definition) is 7. The van der Waals surface area contributed by atoms with Gasteiger partial charge in [0.25, 0.3) is 0 Å². The van der Waals surface area contributed by atoms with Gasteiger partial charge in [-0.3, -0.25) is 0 Å². The lowest BCUT2D eigenvalue weighted by Gasteiger charge is -2.35. The van der Waals surface area contributed by atoms with E-state index in [1.807, 2.05) is 36.3 Å². The Balaban J connectivity index is 1.84. The minimum absolute atomic E-state index is 0.0508. The van der Waals surface area contributed by atoms with Crippen LogP contribution in [0.25, 0.3) is 10.8 Å². The van der Waals surface area contributed by atoms with Crippen molar-refractivity contribution in [3.05, 3.63) is 46.8 Å². The van der Waals surface area contributed by atoms with Crippen LogP contribution in [0.1, 0.15) is 13.8 Å². The molecule has 148 valence electrons. The van der Waals surface area contributed by atoms with Gasteiger partial charge in [0.1, 0.15) is 0 Å². The number of aromatic nitrogens is 1. The first kappa shape index (κ1) is 19.4. The summed E-state index contributed by atoms with van der Waals surface area (Å²) >= 11 is 7.36. The first-order chi connectivity index (χ1) is 13.3. The van der Waals surface area contributed by atoms with Crippen LogP contribution in [-0.2, 0) is 14.6 Å². The molecule has 0 saturated carbocycles. The minimum atomic E-state index is -3.88. The summed E-state index contributed by atoms with van der Waals surface area (Å²) in [6.07, 6.45) is -0.102. The maximum Gasteiger partial charge on any atom is 0.240 e. The lowest BCUT2D eigenvalue weighted by molar-refractivity contribution is -0.00657. The molecule has 2 atom stereocenters. The number of thiophene rings is 1. The van der Waals surface area contributed by atoms with Crippen LogP contribution in [0.3, 0.4) is 0 Å². The second-order valence-electron chi connectivity index (χ2n) is 6.73. The van der Waals surface area contributed by atoms with Gasteiger partial charge in [0.2, 0.25) is 26.6 Å².